The molecule has 3 heteroatoms. The second-order valence-corrected chi connectivity index (χ2v) is 6.30. The fourth-order valence-electron chi connectivity index (χ4n) is 2.98. The predicted molar refractivity (Wildman–Crippen MR) is 74.9 cm³/mol. The highest BCUT2D eigenvalue weighted by Crippen LogP contribution is 2.42. The van der Waals surface area contributed by atoms with Gasteiger partial charge in [0.25, 0.3) is 0 Å². The number of benzene rings is 1. The number of aliphatic hydroxyl groups is 1. The minimum atomic E-state index is -0.974. The maximum Gasteiger partial charge on any atom is 0.129 e. The monoisotopic (exact) mass is 314 g/mol. The molecule has 1 fully saturated rings. The van der Waals surface area contributed by atoms with Gasteiger partial charge in [0.1, 0.15) is 5.82 Å². The van der Waals surface area contributed by atoms with E-state index in [0.29, 0.717) is 24.3 Å². The first-order chi connectivity index (χ1) is 8.55. The Bertz CT molecular complexity index is 411. The van der Waals surface area contributed by atoms with Gasteiger partial charge in [-0.2, -0.15) is 0 Å². The van der Waals surface area contributed by atoms with Crippen LogP contribution < -0.4 is 0 Å². The molecule has 0 aliphatic heterocycles. The molecule has 0 heterocycles. The van der Waals surface area contributed by atoms with E-state index in [4.69, 9.17) is 0 Å². The van der Waals surface area contributed by atoms with Crippen LogP contribution in [-0.4, -0.2) is 5.11 Å². The van der Waals surface area contributed by atoms with E-state index in [1.54, 1.807) is 12.1 Å². The van der Waals surface area contributed by atoms with Crippen LogP contribution in [0.15, 0.2) is 22.7 Å². The Morgan fingerprint density at radius 3 is 2.67 bits per heavy atom. The number of hydrogen-bond donors (Lipinski definition) is 1. The van der Waals surface area contributed by atoms with Gasteiger partial charge in [0.15, 0.2) is 0 Å². The molecule has 0 aromatic heterocycles. The highest BCUT2D eigenvalue weighted by molar-refractivity contribution is 9.10. The van der Waals surface area contributed by atoms with Crippen LogP contribution in [0.1, 0.15) is 51.0 Å². The van der Waals surface area contributed by atoms with Gasteiger partial charge in [0, 0.05) is 10.0 Å². The molecule has 0 radical (unpaired) electrons. The number of rotatable bonds is 3. The van der Waals surface area contributed by atoms with Crippen LogP contribution in [0.4, 0.5) is 4.39 Å². The molecular formula is C15H20BrFO. The minimum Gasteiger partial charge on any atom is -0.385 e. The van der Waals surface area contributed by atoms with Crippen LogP contribution in [0, 0.1) is 11.7 Å². The summed E-state index contributed by atoms with van der Waals surface area (Å²) in [5.74, 6) is 0.403. The van der Waals surface area contributed by atoms with Gasteiger partial charge in [-0.25, -0.2) is 4.39 Å². The van der Waals surface area contributed by atoms with Gasteiger partial charge in [-0.3, -0.25) is 0 Å². The molecule has 0 spiro atoms. The fourth-order valence-corrected chi connectivity index (χ4v) is 3.34. The van der Waals surface area contributed by atoms with Gasteiger partial charge >= 0.3 is 0 Å². The van der Waals surface area contributed by atoms with E-state index in [0.717, 1.165) is 17.3 Å². The molecule has 1 aromatic carbocycles. The van der Waals surface area contributed by atoms with Crippen LogP contribution >= 0.6 is 15.9 Å². The lowest BCUT2D eigenvalue weighted by Gasteiger charge is -2.36. The summed E-state index contributed by atoms with van der Waals surface area (Å²) in [6, 6.07) is 4.82. The zero-order valence-corrected chi connectivity index (χ0v) is 12.3. The minimum absolute atomic E-state index is 0.297. The summed E-state index contributed by atoms with van der Waals surface area (Å²) in [7, 11) is 0. The summed E-state index contributed by atoms with van der Waals surface area (Å²) >= 11 is 3.35. The lowest BCUT2D eigenvalue weighted by Crippen LogP contribution is -2.32. The smallest absolute Gasteiger partial charge is 0.129 e. The van der Waals surface area contributed by atoms with E-state index in [9.17, 15) is 9.50 Å². The van der Waals surface area contributed by atoms with Gasteiger partial charge < -0.3 is 5.11 Å². The molecule has 1 nitrogen and oxygen atoms in total. The Kier molecular flexibility index (Phi) is 4.44. The van der Waals surface area contributed by atoms with E-state index in [2.05, 4.69) is 22.9 Å². The van der Waals surface area contributed by atoms with E-state index in [-0.39, 0.29) is 5.82 Å². The Hall–Kier alpha value is -0.410. The molecule has 0 saturated heterocycles. The third kappa shape index (κ3) is 2.94. The van der Waals surface area contributed by atoms with Crippen molar-refractivity contribution >= 4 is 15.9 Å². The molecule has 1 aliphatic carbocycles. The standard InChI is InChI=1S/C15H20BrFO/c1-2-3-11-6-8-15(18,9-7-11)13-10-12(16)4-5-14(13)17/h4-5,10-11,18H,2-3,6-9H2,1H3. The van der Waals surface area contributed by atoms with Crippen molar-refractivity contribution < 1.29 is 9.50 Å². The zero-order chi connectivity index (χ0) is 13.2. The van der Waals surface area contributed by atoms with Crippen molar-refractivity contribution in [2.45, 2.75) is 51.0 Å². The van der Waals surface area contributed by atoms with E-state index < -0.39 is 5.60 Å². The van der Waals surface area contributed by atoms with Crippen molar-refractivity contribution in [1.29, 1.82) is 0 Å². The fraction of sp³-hybridized carbons (Fsp3) is 0.600. The highest BCUT2D eigenvalue weighted by Gasteiger charge is 2.36. The maximum absolute atomic E-state index is 13.9. The first-order valence-corrected chi connectivity index (χ1v) is 7.52. The summed E-state index contributed by atoms with van der Waals surface area (Å²) in [4.78, 5) is 0. The molecule has 2 rings (SSSR count). The van der Waals surface area contributed by atoms with E-state index in [1.165, 1.54) is 18.9 Å². The third-order valence-electron chi connectivity index (χ3n) is 4.06. The number of hydrogen-bond acceptors (Lipinski definition) is 1. The third-order valence-corrected chi connectivity index (χ3v) is 4.55. The lowest BCUT2D eigenvalue weighted by molar-refractivity contribution is -0.0181. The molecule has 1 N–H and O–H groups in total. The van der Waals surface area contributed by atoms with E-state index >= 15 is 0 Å². The Morgan fingerprint density at radius 2 is 2.06 bits per heavy atom. The molecule has 1 aromatic rings. The average Bonchev–Trinajstić information content (AvgIpc) is 2.36. The number of halogens is 2. The van der Waals surface area contributed by atoms with Crippen molar-refractivity contribution in [3.05, 3.63) is 34.1 Å². The highest BCUT2D eigenvalue weighted by atomic mass is 79.9. The Morgan fingerprint density at radius 1 is 1.39 bits per heavy atom. The molecule has 1 saturated carbocycles. The van der Waals surface area contributed by atoms with Gasteiger partial charge in [-0.1, -0.05) is 35.7 Å². The molecule has 18 heavy (non-hydrogen) atoms. The van der Waals surface area contributed by atoms with Crippen LogP contribution in [0.2, 0.25) is 0 Å². The summed E-state index contributed by atoms with van der Waals surface area (Å²) in [5, 5.41) is 10.7. The molecule has 0 amide bonds. The molecule has 100 valence electrons. The van der Waals surface area contributed by atoms with Gasteiger partial charge in [0.2, 0.25) is 0 Å². The summed E-state index contributed by atoms with van der Waals surface area (Å²) < 4.78 is 14.7. The Labute approximate surface area is 117 Å². The van der Waals surface area contributed by atoms with Gasteiger partial charge in [-0.15, -0.1) is 0 Å². The van der Waals surface area contributed by atoms with Crippen LogP contribution in [0.3, 0.4) is 0 Å². The Balaban J connectivity index is 2.15. The molecule has 0 bridgehead atoms. The second-order valence-electron chi connectivity index (χ2n) is 5.39. The maximum atomic E-state index is 13.9. The van der Waals surface area contributed by atoms with Crippen molar-refractivity contribution in [2.75, 3.05) is 0 Å². The molecule has 0 unspecified atom stereocenters. The van der Waals surface area contributed by atoms with Gasteiger partial charge in [-0.05, 0) is 49.8 Å². The normalized spacial score (nSPS) is 28.3. The van der Waals surface area contributed by atoms with Crippen molar-refractivity contribution in [2.24, 2.45) is 5.92 Å². The topological polar surface area (TPSA) is 20.2 Å². The first-order valence-electron chi connectivity index (χ1n) is 6.73. The molecular weight excluding hydrogens is 295 g/mol. The first kappa shape index (κ1) is 14.0. The molecule has 0 atom stereocenters. The van der Waals surface area contributed by atoms with Crippen molar-refractivity contribution in [3.63, 3.8) is 0 Å². The van der Waals surface area contributed by atoms with Gasteiger partial charge in [0.05, 0.1) is 5.60 Å². The summed E-state index contributed by atoms with van der Waals surface area (Å²) in [6.07, 6.45) is 5.74. The average molecular weight is 315 g/mol. The quantitative estimate of drug-likeness (QED) is 0.852. The van der Waals surface area contributed by atoms with Crippen molar-refractivity contribution in [3.8, 4) is 0 Å². The zero-order valence-electron chi connectivity index (χ0n) is 10.8. The second kappa shape index (κ2) is 5.70. The predicted octanol–water partition coefficient (Wildman–Crippen LogP) is 4.77. The summed E-state index contributed by atoms with van der Waals surface area (Å²) in [5.41, 5.74) is -0.523. The van der Waals surface area contributed by atoms with E-state index in [1.807, 2.05) is 0 Å². The van der Waals surface area contributed by atoms with Crippen LogP contribution in [0.25, 0.3) is 0 Å². The SMILES string of the molecule is CCCC1CCC(O)(c2cc(Br)ccc2F)CC1. The molecule has 1 aliphatic rings. The van der Waals surface area contributed by atoms with Crippen LogP contribution in [0.5, 0.6) is 0 Å². The summed E-state index contributed by atoms with van der Waals surface area (Å²) in [6.45, 7) is 2.19. The lowest BCUT2D eigenvalue weighted by atomic mass is 9.74. The van der Waals surface area contributed by atoms with Crippen molar-refractivity contribution in [1.82, 2.24) is 0 Å². The van der Waals surface area contributed by atoms with Crippen LogP contribution in [-0.2, 0) is 5.60 Å². The largest absolute Gasteiger partial charge is 0.385 e.